The first-order valence-corrected chi connectivity index (χ1v) is 10.2. The van der Waals surface area contributed by atoms with Gasteiger partial charge in [-0.25, -0.2) is 0 Å². The predicted molar refractivity (Wildman–Crippen MR) is 114 cm³/mol. The number of amides is 1. The van der Waals surface area contributed by atoms with Crippen LogP contribution in [0, 0.1) is 0 Å². The Morgan fingerprint density at radius 2 is 1.75 bits per heavy atom. The van der Waals surface area contributed by atoms with E-state index in [9.17, 15) is 4.79 Å². The largest absolute Gasteiger partial charge is 0.489 e. The Morgan fingerprint density at radius 3 is 2.46 bits per heavy atom. The summed E-state index contributed by atoms with van der Waals surface area (Å²) in [6, 6.07) is 17.9. The van der Waals surface area contributed by atoms with E-state index in [1.54, 1.807) is 0 Å². The van der Waals surface area contributed by atoms with Crippen LogP contribution in [0.4, 0.5) is 0 Å². The van der Waals surface area contributed by atoms with Crippen molar-refractivity contribution in [1.29, 1.82) is 0 Å². The minimum atomic E-state index is -0.150. The van der Waals surface area contributed by atoms with Gasteiger partial charge in [0.1, 0.15) is 12.4 Å². The summed E-state index contributed by atoms with van der Waals surface area (Å²) in [5.74, 6) is 0.661. The number of rotatable bonds is 4. The number of piperazine rings is 1. The quantitative estimate of drug-likeness (QED) is 0.744. The van der Waals surface area contributed by atoms with Gasteiger partial charge >= 0.3 is 0 Å². The molecule has 2 aromatic rings. The maximum atomic E-state index is 12.3. The number of aliphatic imine (C=N–C) groups is 1. The van der Waals surface area contributed by atoms with E-state index in [-0.39, 0.29) is 5.91 Å². The average Bonchev–Trinajstić information content (AvgIpc) is 3.09. The number of likely N-dealkylation sites (N-methyl/N-ethyl adjacent to an activating group) is 1. The van der Waals surface area contributed by atoms with Crippen LogP contribution in [-0.4, -0.2) is 54.1 Å². The van der Waals surface area contributed by atoms with Crippen molar-refractivity contribution in [2.45, 2.75) is 6.61 Å². The lowest BCUT2D eigenvalue weighted by Gasteiger charge is -2.32. The third kappa shape index (κ3) is 4.64. The molecule has 0 spiro atoms. The third-order valence-electron chi connectivity index (χ3n) is 4.81. The van der Waals surface area contributed by atoms with Crippen molar-refractivity contribution in [1.82, 2.24) is 9.80 Å². The van der Waals surface area contributed by atoms with E-state index in [2.05, 4.69) is 21.8 Å². The van der Waals surface area contributed by atoms with Crippen molar-refractivity contribution in [2.24, 2.45) is 4.99 Å². The first-order chi connectivity index (χ1) is 13.7. The van der Waals surface area contributed by atoms with Gasteiger partial charge in [0.05, 0.1) is 4.91 Å². The van der Waals surface area contributed by atoms with E-state index in [4.69, 9.17) is 4.74 Å². The fraction of sp³-hybridized carbons (Fsp3) is 0.273. The van der Waals surface area contributed by atoms with Crippen LogP contribution in [0.25, 0.3) is 6.08 Å². The highest BCUT2D eigenvalue weighted by Crippen LogP contribution is 2.31. The molecule has 2 aromatic carbocycles. The number of hydrogen-bond donors (Lipinski definition) is 0. The van der Waals surface area contributed by atoms with E-state index in [0.717, 1.165) is 48.2 Å². The molecule has 0 unspecified atom stereocenters. The third-order valence-corrected chi connectivity index (χ3v) is 5.85. The first-order valence-electron chi connectivity index (χ1n) is 9.40. The molecule has 144 valence electrons. The van der Waals surface area contributed by atoms with Crippen molar-refractivity contribution >= 4 is 28.9 Å². The van der Waals surface area contributed by atoms with Crippen LogP contribution in [0.5, 0.6) is 5.75 Å². The number of hydrogen-bond acceptors (Lipinski definition) is 5. The standard InChI is InChI=1S/C22H23N3O2S/c1-24-11-13-25(14-12-24)22-23-21(26)20(28-22)15-17-7-9-19(10-8-17)27-16-18-5-3-2-4-6-18/h2-10,15H,11-14,16H2,1H3. The normalized spacial score (nSPS) is 19.2. The lowest BCUT2D eigenvalue weighted by molar-refractivity contribution is -0.113. The van der Waals surface area contributed by atoms with Gasteiger partial charge in [-0.05, 0) is 48.1 Å². The molecule has 0 aromatic heterocycles. The molecule has 0 N–H and O–H groups in total. The molecule has 0 saturated carbocycles. The second kappa shape index (κ2) is 8.63. The molecule has 0 bridgehead atoms. The molecule has 1 saturated heterocycles. The summed E-state index contributed by atoms with van der Waals surface area (Å²) in [4.78, 5) is 21.7. The maximum Gasteiger partial charge on any atom is 0.286 e. The molecule has 4 rings (SSSR count). The number of benzene rings is 2. The highest BCUT2D eigenvalue weighted by Gasteiger charge is 2.27. The lowest BCUT2D eigenvalue weighted by Crippen LogP contribution is -2.46. The molecule has 2 heterocycles. The Labute approximate surface area is 169 Å². The summed E-state index contributed by atoms with van der Waals surface area (Å²) >= 11 is 1.47. The summed E-state index contributed by atoms with van der Waals surface area (Å²) in [5.41, 5.74) is 2.10. The van der Waals surface area contributed by atoms with Crippen molar-refractivity contribution in [2.75, 3.05) is 33.2 Å². The van der Waals surface area contributed by atoms with Crippen molar-refractivity contribution < 1.29 is 9.53 Å². The predicted octanol–water partition coefficient (Wildman–Crippen LogP) is 3.48. The first kappa shape index (κ1) is 18.8. The van der Waals surface area contributed by atoms with Gasteiger partial charge < -0.3 is 14.5 Å². The zero-order valence-corrected chi connectivity index (χ0v) is 16.7. The summed E-state index contributed by atoms with van der Waals surface area (Å²) in [6.07, 6.45) is 1.90. The van der Waals surface area contributed by atoms with E-state index in [1.165, 1.54) is 11.8 Å². The average molecular weight is 394 g/mol. The fourth-order valence-corrected chi connectivity index (χ4v) is 4.05. The fourth-order valence-electron chi connectivity index (χ4n) is 3.08. The summed E-state index contributed by atoms with van der Waals surface area (Å²) in [6.45, 7) is 4.36. The van der Waals surface area contributed by atoms with Gasteiger partial charge in [0, 0.05) is 26.2 Å². The lowest BCUT2D eigenvalue weighted by atomic mass is 10.2. The molecular formula is C22H23N3O2S. The molecular weight excluding hydrogens is 370 g/mol. The number of thioether (sulfide) groups is 1. The van der Waals surface area contributed by atoms with Crippen LogP contribution in [0.2, 0.25) is 0 Å². The van der Waals surface area contributed by atoms with Gasteiger partial charge in [-0.1, -0.05) is 42.5 Å². The molecule has 1 fully saturated rings. The Balaban J connectivity index is 1.36. The van der Waals surface area contributed by atoms with E-state index in [0.29, 0.717) is 11.5 Å². The van der Waals surface area contributed by atoms with Crippen LogP contribution >= 0.6 is 11.8 Å². The molecule has 2 aliphatic rings. The van der Waals surface area contributed by atoms with Gasteiger partial charge in [0.2, 0.25) is 0 Å². The Bertz CT molecular complexity index is 886. The smallest absolute Gasteiger partial charge is 0.286 e. The summed E-state index contributed by atoms with van der Waals surface area (Å²) in [5, 5.41) is 0.826. The van der Waals surface area contributed by atoms with E-state index < -0.39 is 0 Å². The molecule has 6 heteroatoms. The molecule has 28 heavy (non-hydrogen) atoms. The summed E-state index contributed by atoms with van der Waals surface area (Å²) in [7, 11) is 2.12. The molecule has 1 amide bonds. The van der Waals surface area contributed by atoms with Gasteiger partial charge in [-0.2, -0.15) is 4.99 Å². The Kier molecular flexibility index (Phi) is 5.78. The molecule has 0 radical (unpaired) electrons. The van der Waals surface area contributed by atoms with Crippen LogP contribution in [0.3, 0.4) is 0 Å². The van der Waals surface area contributed by atoms with Gasteiger partial charge in [-0.3, -0.25) is 4.79 Å². The van der Waals surface area contributed by atoms with Crippen LogP contribution < -0.4 is 4.74 Å². The zero-order chi connectivity index (χ0) is 19.3. The van der Waals surface area contributed by atoms with Crippen molar-refractivity contribution in [3.05, 3.63) is 70.6 Å². The zero-order valence-electron chi connectivity index (χ0n) is 15.9. The Morgan fingerprint density at radius 1 is 1.04 bits per heavy atom. The SMILES string of the molecule is CN1CCN(C2=NC(=O)C(=Cc3ccc(OCc4ccccc4)cc3)S2)CC1. The minimum absolute atomic E-state index is 0.150. The minimum Gasteiger partial charge on any atom is -0.489 e. The highest BCUT2D eigenvalue weighted by molar-refractivity contribution is 8.18. The number of amidine groups is 1. The van der Waals surface area contributed by atoms with Gasteiger partial charge in [0.25, 0.3) is 5.91 Å². The van der Waals surface area contributed by atoms with Crippen LogP contribution in [-0.2, 0) is 11.4 Å². The Hall–Kier alpha value is -2.57. The highest BCUT2D eigenvalue weighted by atomic mass is 32.2. The molecule has 0 aliphatic carbocycles. The molecule has 0 atom stereocenters. The topological polar surface area (TPSA) is 45.1 Å². The molecule has 2 aliphatic heterocycles. The second-order valence-corrected chi connectivity index (χ2v) is 7.95. The van der Waals surface area contributed by atoms with Crippen molar-refractivity contribution in [3.63, 3.8) is 0 Å². The monoisotopic (exact) mass is 393 g/mol. The maximum absolute atomic E-state index is 12.3. The molecule has 5 nitrogen and oxygen atoms in total. The second-order valence-electron chi connectivity index (χ2n) is 6.94. The van der Waals surface area contributed by atoms with Gasteiger partial charge in [-0.15, -0.1) is 0 Å². The van der Waals surface area contributed by atoms with E-state index >= 15 is 0 Å². The van der Waals surface area contributed by atoms with Crippen LogP contribution in [0.1, 0.15) is 11.1 Å². The van der Waals surface area contributed by atoms with Gasteiger partial charge in [0.15, 0.2) is 5.17 Å². The van der Waals surface area contributed by atoms with Crippen LogP contribution in [0.15, 0.2) is 64.5 Å². The number of ether oxygens (including phenoxy) is 1. The summed E-state index contributed by atoms with van der Waals surface area (Å²) < 4.78 is 5.82. The number of carbonyl (C=O) groups is 1. The number of nitrogens with zero attached hydrogens (tertiary/aromatic N) is 3. The van der Waals surface area contributed by atoms with Crippen molar-refractivity contribution in [3.8, 4) is 5.75 Å². The number of carbonyl (C=O) groups excluding carboxylic acids is 1. The van der Waals surface area contributed by atoms with E-state index in [1.807, 2.05) is 60.7 Å².